The van der Waals surface area contributed by atoms with E-state index in [0.29, 0.717) is 0 Å². The van der Waals surface area contributed by atoms with Gasteiger partial charge in [0.05, 0.1) is 8.07 Å². The van der Waals surface area contributed by atoms with Gasteiger partial charge < -0.3 is 0 Å². The number of hydrogen-bond donors (Lipinski definition) is 0. The lowest BCUT2D eigenvalue weighted by Gasteiger charge is -2.18. The molecule has 0 saturated carbocycles. The van der Waals surface area contributed by atoms with Gasteiger partial charge in [-0.15, -0.1) is 5.54 Å². The van der Waals surface area contributed by atoms with Crippen LogP contribution in [0.1, 0.15) is 13.8 Å². The standard InChI is InChI=1S/C12H24Si2/c1-11(9-10-13(3,4)5)12(2)14(6,7)8/h1-8H3/b12-11+. The molecule has 0 aliphatic carbocycles. The minimum atomic E-state index is -1.20. The Morgan fingerprint density at radius 1 is 0.857 bits per heavy atom. The Labute approximate surface area is 91.8 Å². The van der Waals surface area contributed by atoms with Crippen molar-refractivity contribution in [1.82, 2.24) is 0 Å². The molecule has 0 spiro atoms. The van der Waals surface area contributed by atoms with Crippen molar-refractivity contribution in [1.29, 1.82) is 0 Å². The van der Waals surface area contributed by atoms with Crippen molar-refractivity contribution in [2.45, 2.75) is 53.1 Å². The molecule has 14 heavy (non-hydrogen) atoms. The molecule has 0 aromatic heterocycles. The van der Waals surface area contributed by atoms with Crippen LogP contribution in [0.3, 0.4) is 0 Å². The molecule has 0 aliphatic rings. The van der Waals surface area contributed by atoms with Crippen LogP contribution in [0.4, 0.5) is 0 Å². The van der Waals surface area contributed by atoms with Crippen molar-refractivity contribution in [3.8, 4) is 11.5 Å². The summed E-state index contributed by atoms with van der Waals surface area (Å²) in [6.07, 6.45) is 0. The maximum atomic E-state index is 3.43. The predicted molar refractivity (Wildman–Crippen MR) is 72.8 cm³/mol. The van der Waals surface area contributed by atoms with Crippen molar-refractivity contribution >= 4 is 16.1 Å². The first kappa shape index (κ1) is 13.7. The van der Waals surface area contributed by atoms with Gasteiger partial charge in [-0.3, -0.25) is 0 Å². The van der Waals surface area contributed by atoms with E-state index in [2.05, 4.69) is 64.6 Å². The lowest BCUT2D eigenvalue weighted by molar-refractivity contribution is 1.42. The molecule has 0 atom stereocenters. The van der Waals surface area contributed by atoms with Gasteiger partial charge in [-0.1, -0.05) is 50.4 Å². The Bertz CT molecular complexity index is 287. The van der Waals surface area contributed by atoms with Crippen LogP contribution in [0.5, 0.6) is 0 Å². The van der Waals surface area contributed by atoms with Gasteiger partial charge in [0, 0.05) is 0 Å². The SMILES string of the molecule is C/C(C#C[Si](C)(C)C)=C(/C)[Si](C)(C)C. The minimum Gasteiger partial charge on any atom is -0.127 e. The molecule has 0 bridgehead atoms. The van der Waals surface area contributed by atoms with Crippen LogP contribution in [0.2, 0.25) is 39.3 Å². The first-order chi connectivity index (χ1) is 6.04. The molecule has 2 heteroatoms. The van der Waals surface area contributed by atoms with Gasteiger partial charge in [-0.2, -0.15) is 0 Å². The van der Waals surface area contributed by atoms with E-state index in [1.807, 2.05) is 0 Å². The van der Waals surface area contributed by atoms with Crippen LogP contribution in [0, 0.1) is 11.5 Å². The van der Waals surface area contributed by atoms with E-state index in [1.165, 1.54) is 5.57 Å². The molecule has 0 unspecified atom stereocenters. The molecule has 0 N–H and O–H groups in total. The van der Waals surface area contributed by atoms with Gasteiger partial charge in [0.15, 0.2) is 0 Å². The molecule has 0 amide bonds. The first-order valence-corrected chi connectivity index (χ1v) is 12.2. The van der Waals surface area contributed by atoms with Crippen LogP contribution in [-0.2, 0) is 0 Å². The Hall–Kier alpha value is -0.266. The van der Waals surface area contributed by atoms with E-state index in [-0.39, 0.29) is 0 Å². The predicted octanol–water partition coefficient (Wildman–Crippen LogP) is 4.08. The second-order valence-corrected chi connectivity index (χ2v) is 16.0. The summed E-state index contributed by atoms with van der Waals surface area (Å²) < 4.78 is 0. The summed E-state index contributed by atoms with van der Waals surface area (Å²) in [6, 6.07) is 0. The van der Waals surface area contributed by atoms with Crippen LogP contribution >= 0.6 is 0 Å². The number of hydrogen-bond acceptors (Lipinski definition) is 0. The molecular weight excluding hydrogens is 200 g/mol. The molecule has 0 aromatic carbocycles. The molecule has 0 fully saturated rings. The summed E-state index contributed by atoms with van der Waals surface area (Å²) in [5.74, 6) is 3.35. The fourth-order valence-corrected chi connectivity index (χ4v) is 2.69. The summed E-state index contributed by atoms with van der Waals surface area (Å²) in [5.41, 5.74) is 4.74. The van der Waals surface area contributed by atoms with Crippen molar-refractivity contribution in [3.05, 3.63) is 10.8 Å². The smallest absolute Gasteiger partial charge is 0.127 e. The molecule has 0 radical (unpaired) electrons. The highest BCUT2D eigenvalue weighted by atomic mass is 28.3. The van der Waals surface area contributed by atoms with Crippen LogP contribution in [-0.4, -0.2) is 16.1 Å². The lowest BCUT2D eigenvalue weighted by Crippen LogP contribution is -2.23. The van der Waals surface area contributed by atoms with E-state index in [0.717, 1.165) is 0 Å². The zero-order valence-corrected chi connectivity index (χ0v) is 13.0. The van der Waals surface area contributed by atoms with E-state index in [1.54, 1.807) is 5.20 Å². The molecule has 0 heterocycles. The Morgan fingerprint density at radius 3 is 1.57 bits per heavy atom. The Kier molecular flexibility index (Phi) is 4.42. The van der Waals surface area contributed by atoms with Crippen LogP contribution in [0.15, 0.2) is 10.8 Å². The molecule has 0 rings (SSSR count). The third-order valence-electron chi connectivity index (χ3n) is 2.31. The summed E-state index contributed by atoms with van der Waals surface area (Å²) in [4.78, 5) is 0. The zero-order valence-electron chi connectivity index (χ0n) is 11.0. The van der Waals surface area contributed by atoms with E-state index < -0.39 is 16.1 Å². The second kappa shape index (κ2) is 4.50. The van der Waals surface area contributed by atoms with Gasteiger partial charge >= 0.3 is 0 Å². The van der Waals surface area contributed by atoms with Gasteiger partial charge in [-0.25, -0.2) is 0 Å². The van der Waals surface area contributed by atoms with Crippen molar-refractivity contribution in [3.63, 3.8) is 0 Å². The maximum absolute atomic E-state index is 3.43. The fourth-order valence-electron chi connectivity index (χ4n) is 0.938. The number of rotatable bonds is 1. The van der Waals surface area contributed by atoms with E-state index in [9.17, 15) is 0 Å². The average Bonchev–Trinajstić information content (AvgIpc) is 1.95. The molecule has 0 saturated heterocycles. The summed E-state index contributed by atoms with van der Waals surface area (Å²) in [7, 11) is -2.33. The average molecular weight is 224 g/mol. The van der Waals surface area contributed by atoms with E-state index >= 15 is 0 Å². The summed E-state index contributed by atoms with van der Waals surface area (Å²) in [5, 5.41) is 1.54. The quantitative estimate of drug-likeness (QED) is 0.465. The highest BCUT2D eigenvalue weighted by Crippen LogP contribution is 2.17. The molecule has 0 aliphatic heterocycles. The van der Waals surface area contributed by atoms with Gasteiger partial charge in [0.2, 0.25) is 0 Å². The van der Waals surface area contributed by atoms with E-state index in [4.69, 9.17) is 0 Å². The maximum Gasteiger partial charge on any atom is 0.129 e. The normalized spacial score (nSPS) is 14.3. The number of allylic oxidation sites excluding steroid dienone is 2. The molecular formula is C12H24Si2. The first-order valence-electron chi connectivity index (χ1n) is 5.25. The summed E-state index contributed by atoms with van der Waals surface area (Å²) in [6.45, 7) is 18.4. The van der Waals surface area contributed by atoms with Gasteiger partial charge in [0.25, 0.3) is 0 Å². The zero-order chi connectivity index (χ0) is 11.6. The monoisotopic (exact) mass is 224 g/mol. The van der Waals surface area contributed by atoms with Crippen LogP contribution < -0.4 is 0 Å². The molecule has 80 valence electrons. The van der Waals surface area contributed by atoms with Gasteiger partial charge in [0.1, 0.15) is 8.07 Å². The molecule has 0 nitrogen and oxygen atoms in total. The third kappa shape index (κ3) is 5.46. The largest absolute Gasteiger partial charge is 0.129 e. The lowest BCUT2D eigenvalue weighted by atomic mass is 10.3. The summed E-state index contributed by atoms with van der Waals surface area (Å²) >= 11 is 0. The third-order valence-corrected chi connectivity index (χ3v) is 5.81. The minimum absolute atomic E-state index is 1.13. The Balaban J connectivity index is 4.94. The van der Waals surface area contributed by atoms with Crippen LogP contribution in [0.25, 0.3) is 0 Å². The Morgan fingerprint density at radius 2 is 1.29 bits per heavy atom. The van der Waals surface area contributed by atoms with Crippen molar-refractivity contribution in [2.75, 3.05) is 0 Å². The highest BCUT2D eigenvalue weighted by Gasteiger charge is 2.17. The van der Waals surface area contributed by atoms with Gasteiger partial charge in [-0.05, 0) is 19.4 Å². The topological polar surface area (TPSA) is 0 Å². The highest BCUT2D eigenvalue weighted by molar-refractivity contribution is 6.84. The van der Waals surface area contributed by atoms with Crippen molar-refractivity contribution < 1.29 is 0 Å². The second-order valence-electron chi connectivity index (χ2n) is 6.00. The fraction of sp³-hybridized carbons (Fsp3) is 0.667. The van der Waals surface area contributed by atoms with Crippen molar-refractivity contribution in [2.24, 2.45) is 0 Å². The molecule has 0 aromatic rings.